The number of nitrogens with one attached hydrogen (secondary N) is 1. The maximum absolute atomic E-state index is 12.5. The van der Waals surface area contributed by atoms with Crippen LogP contribution in [0.15, 0.2) is 66.7 Å². The second-order valence-corrected chi connectivity index (χ2v) is 8.73. The minimum absolute atomic E-state index is 0.0355. The second kappa shape index (κ2) is 10.9. The number of carbonyl (C=O) groups is 3. The number of nitro groups is 1. The van der Waals surface area contributed by atoms with Crippen LogP contribution in [-0.2, 0) is 19.1 Å². The van der Waals surface area contributed by atoms with E-state index in [0.717, 1.165) is 5.56 Å². The van der Waals surface area contributed by atoms with E-state index in [-0.39, 0.29) is 30.2 Å². The molecule has 0 bridgehead atoms. The maximum atomic E-state index is 12.5. The lowest BCUT2D eigenvalue weighted by atomic mass is 10.1. The van der Waals surface area contributed by atoms with Gasteiger partial charge in [0.15, 0.2) is 6.61 Å². The molecule has 1 saturated heterocycles. The minimum Gasteiger partial charge on any atom is -0.457 e. The first kappa shape index (κ1) is 25.4. The second-order valence-electron chi connectivity index (χ2n) is 8.73. The standard InChI is InChI=1S/C27H25N3O7/c1-17-3-9-22(10-4-17)37-23-11-7-21(8-12-23)29-15-19(13-26(29)32)27(33)36-16-25(31)28-20-6-5-18(2)24(14-20)30(34)35/h3-12,14,19H,13,15-16H2,1-2H3,(H,28,31)/t19-/m1/s1. The Morgan fingerprint density at radius 2 is 1.68 bits per heavy atom. The van der Waals surface area contributed by atoms with Gasteiger partial charge in [-0.3, -0.25) is 24.5 Å². The molecule has 1 aliphatic heterocycles. The number of aryl methyl sites for hydroxylation is 2. The molecule has 1 atom stereocenters. The lowest BCUT2D eigenvalue weighted by Gasteiger charge is -2.17. The van der Waals surface area contributed by atoms with Crippen molar-refractivity contribution in [1.29, 1.82) is 0 Å². The molecular formula is C27H25N3O7. The van der Waals surface area contributed by atoms with Gasteiger partial charge in [0.25, 0.3) is 11.6 Å². The molecular weight excluding hydrogens is 478 g/mol. The van der Waals surface area contributed by atoms with Crippen molar-refractivity contribution >= 4 is 34.8 Å². The van der Waals surface area contributed by atoms with E-state index >= 15 is 0 Å². The van der Waals surface area contributed by atoms with Gasteiger partial charge in [0.05, 0.1) is 10.8 Å². The number of hydrogen-bond donors (Lipinski definition) is 1. The quantitative estimate of drug-likeness (QED) is 0.271. The van der Waals surface area contributed by atoms with Gasteiger partial charge in [0, 0.05) is 36.0 Å². The molecule has 2 amide bonds. The fourth-order valence-electron chi connectivity index (χ4n) is 3.89. The molecule has 1 fully saturated rings. The van der Waals surface area contributed by atoms with Gasteiger partial charge in [-0.15, -0.1) is 0 Å². The average Bonchev–Trinajstić information content (AvgIpc) is 3.27. The van der Waals surface area contributed by atoms with E-state index < -0.39 is 29.3 Å². The van der Waals surface area contributed by atoms with Crippen molar-refractivity contribution in [3.63, 3.8) is 0 Å². The Labute approximate surface area is 212 Å². The van der Waals surface area contributed by atoms with Crippen LogP contribution in [-0.4, -0.2) is 35.9 Å². The van der Waals surface area contributed by atoms with Crippen molar-refractivity contribution < 1.29 is 28.8 Å². The van der Waals surface area contributed by atoms with Gasteiger partial charge < -0.3 is 19.7 Å². The summed E-state index contributed by atoms with van der Waals surface area (Å²) < 4.78 is 10.9. The third kappa shape index (κ3) is 6.29. The van der Waals surface area contributed by atoms with Crippen LogP contribution < -0.4 is 15.0 Å². The summed E-state index contributed by atoms with van der Waals surface area (Å²) in [6, 6.07) is 18.9. The van der Waals surface area contributed by atoms with Gasteiger partial charge in [-0.05, 0) is 56.3 Å². The van der Waals surface area contributed by atoms with Crippen LogP contribution >= 0.6 is 0 Å². The lowest BCUT2D eigenvalue weighted by molar-refractivity contribution is -0.385. The molecule has 0 saturated carbocycles. The van der Waals surface area contributed by atoms with Crippen LogP contribution in [0.4, 0.5) is 17.1 Å². The monoisotopic (exact) mass is 503 g/mol. The number of benzene rings is 3. The van der Waals surface area contributed by atoms with Crippen LogP contribution in [0.25, 0.3) is 0 Å². The number of hydrogen-bond acceptors (Lipinski definition) is 7. The predicted molar refractivity (Wildman–Crippen MR) is 136 cm³/mol. The molecule has 3 aromatic rings. The van der Waals surface area contributed by atoms with Crippen molar-refractivity contribution in [2.45, 2.75) is 20.3 Å². The van der Waals surface area contributed by atoms with Gasteiger partial charge in [0.1, 0.15) is 11.5 Å². The number of esters is 1. The zero-order valence-corrected chi connectivity index (χ0v) is 20.3. The van der Waals surface area contributed by atoms with E-state index in [4.69, 9.17) is 9.47 Å². The Bertz CT molecular complexity index is 1340. The topological polar surface area (TPSA) is 128 Å². The molecule has 1 N–H and O–H groups in total. The molecule has 0 unspecified atom stereocenters. The van der Waals surface area contributed by atoms with Gasteiger partial charge in [0.2, 0.25) is 5.91 Å². The van der Waals surface area contributed by atoms with Crippen LogP contribution in [0, 0.1) is 29.9 Å². The van der Waals surface area contributed by atoms with Crippen LogP contribution in [0.1, 0.15) is 17.5 Å². The molecule has 0 aromatic heterocycles. The van der Waals surface area contributed by atoms with E-state index in [1.54, 1.807) is 31.2 Å². The Morgan fingerprint density at radius 1 is 1.03 bits per heavy atom. The van der Waals surface area contributed by atoms with Gasteiger partial charge in [-0.25, -0.2) is 0 Å². The number of rotatable bonds is 8. The van der Waals surface area contributed by atoms with Gasteiger partial charge in [-0.1, -0.05) is 23.8 Å². The molecule has 4 rings (SSSR count). The van der Waals surface area contributed by atoms with Crippen LogP contribution in [0.2, 0.25) is 0 Å². The lowest BCUT2D eigenvalue weighted by Crippen LogP contribution is -2.28. The first-order chi connectivity index (χ1) is 17.7. The molecule has 0 spiro atoms. The molecule has 190 valence electrons. The molecule has 37 heavy (non-hydrogen) atoms. The van der Waals surface area contributed by atoms with E-state index in [2.05, 4.69) is 5.32 Å². The number of nitrogens with zero attached hydrogens (tertiary/aromatic N) is 2. The molecule has 0 radical (unpaired) electrons. The molecule has 1 heterocycles. The zero-order chi connectivity index (χ0) is 26.5. The third-order valence-corrected chi connectivity index (χ3v) is 5.90. The van der Waals surface area contributed by atoms with Crippen molar-refractivity contribution in [3.05, 3.63) is 88.0 Å². The summed E-state index contributed by atoms with van der Waals surface area (Å²) in [4.78, 5) is 49.2. The Morgan fingerprint density at radius 3 is 2.32 bits per heavy atom. The summed E-state index contributed by atoms with van der Waals surface area (Å²) in [5.41, 5.74) is 2.29. The first-order valence-corrected chi connectivity index (χ1v) is 11.6. The highest BCUT2D eigenvalue weighted by Crippen LogP contribution is 2.29. The minimum atomic E-state index is -0.718. The van der Waals surface area contributed by atoms with Crippen molar-refractivity contribution in [2.75, 3.05) is 23.4 Å². The highest BCUT2D eigenvalue weighted by Gasteiger charge is 2.36. The summed E-state index contributed by atoms with van der Waals surface area (Å²) in [7, 11) is 0. The van der Waals surface area contributed by atoms with E-state index in [1.807, 2.05) is 31.2 Å². The molecule has 3 aromatic carbocycles. The van der Waals surface area contributed by atoms with Gasteiger partial charge in [-0.2, -0.15) is 0 Å². The summed E-state index contributed by atoms with van der Waals surface area (Å²) in [6.07, 6.45) is -0.0355. The summed E-state index contributed by atoms with van der Waals surface area (Å²) in [5, 5.41) is 13.5. The summed E-state index contributed by atoms with van der Waals surface area (Å²) >= 11 is 0. The van der Waals surface area contributed by atoms with Gasteiger partial charge >= 0.3 is 5.97 Å². The largest absolute Gasteiger partial charge is 0.457 e. The number of nitro benzene ring substituents is 1. The number of amides is 2. The Hall–Kier alpha value is -4.73. The van der Waals surface area contributed by atoms with Crippen molar-refractivity contribution in [2.24, 2.45) is 5.92 Å². The number of carbonyl (C=O) groups excluding carboxylic acids is 3. The SMILES string of the molecule is Cc1ccc(Oc2ccc(N3C[C@H](C(=O)OCC(=O)Nc4ccc(C)c([N+](=O)[O-])c4)CC3=O)cc2)cc1. The summed E-state index contributed by atoms with van der Waals surface area (Å²) in [6.45, 7) is 3.13. The highest BCUT2D eigenvalue weighted by atomic mass is 16.6. The first-order valence-electron chi connectivity index (χ1n) is 11.6. The molecule has 0 aliphatic carbocycles. The predicted octanol–water partition coefficient (Wildman–Crippen LogP) is 4.54. The normalized spacial score (nSPS) is 14.8. The molecule has 1 aliphatic rings. The van der Waals surface area contributed by atoms with Crippen molar-refractivity contribution in [3.8, 4) is 11.5 Å². The van der Waals surface area contributed by atoms with E-state index in [1.165, 1.54) is 23.1 Å². The zero-order valence-electron chi connectivity index (χ0n) is 20.3. The molecule has 10 nitrogen and oxygen atoms in total. The number of anilines is 2. The number of ether oxygens (including phenoxy) is 2. The molecule has 10 heteroatoms. The van der Waals surface area contributed by atoms with Crippen molar-refractivity contribution in [1.82, 2.24) is 0 Å². The van der Waals surface area contributed by atoms with Crippen LogP contribution in [0.3, 0.4) is 0 Å². The fraction of sp³-hybridized carbons (Fsp3) is 0.222. The highest BCUT2D eigenvalue weighted by molar-refractivity contribution is 6.00. The fourth-order valence-corrected chi connectivity index (χ4v) is 3.89. The summed E-state index contributed by atoms with van der Waals surface area (Å²) in [5.74, 6) is -0.949. The Kier molecular flexibility index (Phi) is 7.47. The van der Waals surface area contributed by atoms with E-state index in [9.17, 15) is 24.5 Å². The Balaban J connectivity index is 1.29. The van der Waals surface area contributed by atoms with Crippen LogP contribution in [0.5, 0.6) is 11.5 Å². The average molecular weight is 504 g/mol. The third-order valence-electron chi connectivity index (χ3n) is 5.90. The smallest absolute Gasteiger partial charge is 0.311 e. The maximum Gasteiger partial charge on any atom is 0.311 e. The van der Waals surface area contributed by atoms with E-state index in [0.29, 0.717) is 22.7 Å².